The van der Waals surface area contributed by atoms with Crippen molar-refractivity contribution in [2.75, 3.05) is 11.1 Å². The van der Waals surface area contributed by atoms with Gasteiger partial charge >= 0.3 is 0 Å². The van der Waals surface area contributed by atoms with Gasteiger partial charge in [0.2, 0.25) is 5.91 Å². The molecular formula is C28H29F2N3O2S. The van der Waals surface area contributed by atoms with Crippen molar-refractivity contribution in [3.63, 3.8) is 0 Å². The number of fused-ring (bicyclic) bond motifs is 1. The molecule has 0 radical (unpaired) electrons. The van der Waals surface area contributed by atoms with Crippen molar-refractivity contribution in [2.24, 2.45) is 0 Å². The lowest BCUT2D eigenvalue weighted by Crippen LogP contribution is -2.30. The van der Waals surface area contributed by atoms with Crippen molar-refractivity contribution in [2.45, 2.75) is 51.2 Å². The number of amides is 1. The summed E-state index contributed by atoms with van der Waals surface area (Å²) in [7, 11) is 0. The van der Waals surface area contributed by atoms with Crippen molar-refractivity contribution < 1.29 is 18.3 Å². The van der Waals surface area contributed by atoms with Crippen molar-refractivity contribution in [3.8, 4) is 5.75 Å². The Hall–Kier alpha value is -3.39. The fourth-order valence-electron chi connectivity index (χ4n) is 4.13. The first-order chi connectivity index (χ1) is 17.2. The lowest BCUT2D eigenvalue weighted by atomic mass is 10.1. The van der Waals surface area contributed by atoms with E-state index in [0.29, 0.717) is 23.6 Å². The van der Waals surface area contributed by atoms with E-state index in [1.54, 1.807) is 25.6 Å². The average Bonchev–Trinajstić information content (AvgIpc) is 3.21. The van der Waals surface area contributed by atoms with Gasteiger partial charge in [-0.05, 0) is 74.6 Å². The van der Waals surface area contributed by atoms with Gasteiger partial charge in [0, 0.05) is 23.2 Å². The third kappa shape index (κ3) is 5.70. The molecule has 4 aromatic rings. The smallest absolute Gasteiger partial charge is 0.228 e. The van der Waals surface area contributed by atoms with Crippen LogP contribution in [0.15, 0.2) is 65.6 Å². The molecule has 0 fully saturated rings. The van der Waals surface area contributed by atoms with Gasteiger partial charge in [-0.1, -0.05) is 19.1 Å². The van der Waals surface area contributed by atoms with Gasteiger partial charge in [0.25, 0.3) is 0 Å². The number of ether oxygens (including phenoxy) is 1. The van der Waals surface area contributed by atoms with Crippen LogP contribution in [-0.4, -0.2) is 21.2 Å². The number of anilines is 1. The number of hydrogen-bond donors (Lipinski definition) is 1. The molecule has 188 valence electrons. The summed E-state index contributed by atoms with van der Waals surface area (Å²) in [4.78, 5) is 18.6. The highest BCUT2D eigenvalue weighted by Gasteiger charge is 2.30. The second-order valence-corrected chi connectivity index (χ2v) is 10.2. The number of hydrogen-bond acceptors (Lipinski definition) is 4. The molecule has 0 aliphatic rings. The van der Waals surface area contributed by atoms with Gasteiger partial charge in [0.05, 0.1) is 17.5 Å². The van der Waals surface area contributed by atoms with E-state index in [1.165, 1.54) is 11.0 Å². The van der Waals surface area contributed by atoms with Crippen LogP contribution in [-0.2, 0) is 23.4 Å². The molecule has 0 spiro atoms. The van der Waals surface area contributed by atoms with Gasteiger partial charge in [-0.3, -0.25) is 4.79 Å². The van der Waals surface area contributed by atoms with Crippen LogP contribution in [0.25, 0.3) is 11.0 Å². The number of nitrogens with one attached hydrogen (secondary N) is 1. The summed E-state index contributed by atoms with van der Waals surface area (Å²) in [5, 5.41) is 2.95. The standard InChI is InChI=1S/C28H29F2N3O2S/c1-5-33-24-13-10-20(31-26(34)15-18-7-11-21(12-8-18)36-6-2)17-23(24)32-27(33)28(3,4)35-25-14-9-19(29)16-22(25)30/h7-14,16-17H,5-6,15H2,1-4H3,(H,31,34). The summed E-state index contributed by atoms with van der Waals surface area (Å²) in [6, 6.07) is 16.8. The highest BCUT2D eigenvalue weighted by molar-refractivity contribution is 7.99. The first kappa shape index (κ1) is 25.7. The lowest BCUT2D eigenvalue weighted by molar-refractivity contribution is -0.115. The Morgan fingerprint density at radius 1 is 1.06 bits per heavy atom. The molecule has 3 aromatic carbocycles. The summed E-state index contributed by atoms with van der Waals surface area (Å²) in [5.41, 5.74) is 2.13. The second-order valence-electron chi connectivity index (χ2n) is 8.87. The number of thioether (sulfide) groups is 1. The molecule has 5 nitrogen and oxygen atoms in total. The maximum atomic E-state index is 14.2. The van der Waals surface area contributed by atoms with Crippen LogP contribution in [0.3, 0.4) is 0 Å². The average molecular weight is 510 g/mol. The summed E-state index contributed by atoms with van der Waals surface area (Å²) in [5.74, 6) is -0.00505. The Labute approximate surface area is 213 Å². The molecule has 0 saturated carbocycles. The van der Waals surface area contributed by atoms with Crippen LogP contribution in [0.1, 0.15) is 39.1 Å². The Bertz CT molecular complexity index is 1380. The van der Waals surface area contributed by atoms with Gasteiger partial charge in [-0.25, -0.2) is 13.8 Å². The van der Waals surface area contributed by atoms with E-state index in [-0.39, 0.29) is 18.1 Å². The number of halogens is 2. The summed E-state index contributed by atoms with van der Waals surface area (Å²) in [6.45, 7) is 8.28. The van der Waals surface area contributed by atoms with E-state index in [2.05, 4.69) is 12.2 Å². The second kappa shape index (κ2) is 10.7. The quantitative estimate of drug-likeness (QED) is 0.248. The number of benzene rings is 3. The van der Waals surface area contributed by atoms with E-state index in [4.69, 9.17) is 9.72 Å². The van der Waals surface area contributed by atoms with Gasteiger partial charge in [-0.2, -0.15) is 0 Å². The number of aryl methyl sites for hydroxylation is 1. The molecule has 0 aliphatic carbocycles. The van der Waals surface area contributed by atoms with Crippen molar-refractivity contribution in [1.82, 2.24) is 9.55 Å². The molecular weight excluding hydrogens is 480 g/mol. The summed E-state index contributed by atoms with van der Waals surface area (Å²) < 4.78 is 35.5. The molecule has 4 rings (SSSR count). The highest BCUT2D eigenvalue weighted by atomic mass is 32.2. The predicted molar refractivity (Wildman–Crippen MR) is 141 cm³/mol. The Morgan fingerprint density at radius 2 is 1.81 bits per heavy atom. The highest BCUT2D eigenvalue weighted by Crippen LogP contribution is 2.32. The van der Waals surface area contributed by atoms with Crippen LogP contribution >= 0.6 is 11.8 Å². The first-order valence-corrected chi connectivity index (χ1v) is 12.8. The molecule has 0 aliphatic heterocycles. The molecule has 1 amide bonds. The number of aromatic nitrogens is 2. The van der Waals surface area contributed by atoms with E-state index in [0.717, 1.165) is 29.0 Å². The number of carbonyl (C=O) groups excluding carboxylic acids is 1. The SMILES string of the molecule is CCSc1ccc(CC(=O)Nc2ccc3c(c2)nc(C(C)(C)Oc2ccc(F)cc2F)n3CC)cc1. The molecule has 0 bridgehead atoms. The van der Waals surface area contributed by atoms with Crippen LogP contribution in [0.2, 0.25) is 0 Å². The number of imidazole rings is 1. The van der Waals surface area contributed by atoms with Crippen molar-refractivity contribution in [3.05, 3.63) is 83.7 Å². The van der Waals surface area contributed by atoms with Crippen LogP contribution < -0.4 is 10.1 Å². The molecule has 1 aromatic heterocycles. The van der Waals surface area contributed by atoms with Crippen molar-refractivity contribution in [1.29, 1.82) is 0 Å². The molecule has 36 heavy (non-hydrogen) atoms. The lowest BCUT2D eigenvalue weighted by Gasteiger charge is -2.26. The number of carbonyl (C=O) groups is 1. The van der Waals surface area contributed by atoms with Gasteiger partial charge < -0.3 is 14.6 Å². The monoisotopic (exact) mass is 509 g/mol. The zero-order chi connectivity index (χ0) is 25.9. The first-order valence-electron chi connectivity index (χ1n) is 11.9. The summed E-state index contributed by atoms with van der Waals surface area (Å²) >= 11 is 1.76. The third-order valence-electron chi connectivity index (χ3n) is 5.74. The maximum Gasteiger partial charge on any atom is 0.228 e. The summed E-state index contributed by atoms with van der Waals surface area (Å²) in [6.07, 6.45) is 0.272. The van der Waals surface area contributed by atoms with E-state index >= 15 is 0 Å². The van der Waals surface area contributed by atoms with Gasteiger partial charge in [0.1, 0.15) is 5.82 Å². The molecule has 1 heterocycles. The van der Waals surface area contributed by atoms with E-state index < -0.39 is 17.2 Å². The predicted octanol–water partition coefficient (Wildman–Crippen LogP) is 6.94. The minimum absolute atomic E-state index is 0.0506. The topological polar surface area (TPSA) is 56.1 Å². The Kier molecular flexibility index (Phi) is 7.64. The molecule has 1 N–H and O–H groups in total. The zero-order valence-electron chi connectivity index (χ0n) is 20.8. The van der Waals surface area contributed by atoms with Gasteiger partial charge in [0.15, 0.2) is 23.0 Å². The minimum Gasteiger partial charge on any atom is -0.477 e. The normalized spacial score (nSPS) is 11.6. The maximum absolute atomic E-state index is 14.2. The van der Waals surface area contributed by atoms with Gasteiger partial charge in [-0.15, -0.1) is 11.8 Å². The number of nitrogens with zero attached hydrogens (tertiary/aromatic N) is 2. The van der Waals surface area contributed by atoms with Crippen LogP contribution in [0.5, 0.6) is 5.75 Å². The fraction of sp³-hybridized carbons (Fsp3) is 0.286. The van der Waals surface area contributed by atoms with Crippen LogP contribution in [0.4, 0.5) is 14.5 Å². The van der Waals surface area contributed by atoms with Crippen molar-refractivity contribution >= 4 is 34.4 Å². The zero-order valence-corrected chi connectivity index (χ0v) is 21.6. The molecule has 0 saturated heterocycles. The number of rotatable bonds is 9. The minimum atomic E-state index is -1.00. The van der Waals surface area contributed by atoms with E-state index in [1.807, 2.05) is 54.0 Å². The molecule has 0 atom stereocenters. The van der Waals surface area contributed by atoms with Crippen LogP contribution in [0, 0.1) is 11.6 Å². The van der Waals surface area contributed by atoms with E-state index in [9.17, 15) is 13.6 Å². The molecule has 0 unspecified atom stereocenters. The third-order valence-corrected chi connectivity index (χ3v) is 6.64. The molecule has 8 heteroatoms. The Balaban J connectivity index is 1.54. The fourth-order valence-corrected chi connectivity index (χ4v) is 4.79. The largest absolute Gasteiger partial charge is 0.477 e. The Morgan fingerprint density at radius 3 is 2.47 bits per heavy atom.